The second-order valence-corrected chi connectivity index (χ2v) is 6.59. The Morgan fingerprint density at radius 3 is 2.81 bits per heavy atom. The molecule has 7 nitrogen and oxygen atoms in total. The van der Waals surface area contributed by atoms with Gasteiger partial charge in [0.15, 0.2) is 0 Å². The maximum absolute atomic E-state index is 12.3. The number of nitro groups is 1. The monoisotopic (exact) mass is 369 g/mol. The molecule has 1 amide bonds. The van der Waals surface area contributed by atoms with Crippen LogP contribution >= 0.6 is 0 Å². The van der Waals surface area contributed by atoms with Gasteiger partial charge >= 0.3 is 0 Å². The molecule has 2 aromatic carbocycles. The van der Waals surface area contributed by atoms with E-state index in [0.29, 0.717) is 30.8 Å². The third-order valence-corrected chi connectivity index (χ3v) is 4.70. The Morgan fingerprint density at radius 2 is 2.07 bits per heavy atom. The molecule has 1 saturated heterocycles. The highest BCUT2D eigenvalue weighted by molar-refractivity contribution is 5.94. The van der Waals surface area contributed by atoms with E-state index < -0.39 is 4.92 Å². The quantitative estimate of drug-likeness (QED) is 0.625. The number of nitrogens with zero attached hydrogens (tertiary/aromatic N) is 2. The maximum Gasteiger partial charge on any atom is 0.273 e. The fourth-order valence-electron chi connectivity index (χ4n) is 3.15. The normalized spacial score (nSPS) is 17.4. The summed E-state index contributed by atoms with van der Waals surface area (Å²) in [6.45, 7) is 5.07. The van der Waals surface area contributed by atoms with Crippen molar-refractivity contribution in [2.75, 3.05) is 32.8 Å². The van der Waals surface area contributed by atoms with Crippen LogP contribution in [-0.2, 0) is 4.74 Å². The number of hydrogen-bond acceptors (Lipinski definition) is 5. The Kier molecular flexibility index (Phi) is 6.16. The minimum absolute atomic E-state index is 0.0374. The molecule has 1 unspecified atom stereocenters. The van der Waals surface area contributed by atoms with Crippen LogP contribution in [0.2, 0.25) is 0 Å². The average molecular weight is 369 g/mol. The molecule has 0 saturated carbocycles. The van der Waals surface area contributed by atoms with Gasteiger partial charge < -0.3 is 10.1 Å². The van der Waals surface area contributed by atoms with Crippen LogP contribution in [0.1, 0.15) is 27.6 Å². The number of carbonyl (C=O) groups excluding carboxylic acids is 1. The third kappa shape index (κ3) is 4.90. The number of rotatable bonds is 6. The summed E-state index contributed by atoms with van der Waals surface area (Å²) in [5, 5.41) is 13.9. The van der Waals surface area contributed by atoms with Gasteiger partial charge in [0, 0.05) is 43.4 Å². The van der Waals surface area contributed by atoms with Gasteiger partial charge in [0.1, 0.15) is 0 Å². The summed E-state index contributed by atoms with van der Waals surface area (Å²) in [5.74, 6) is -0.300. The van der Waals surface area contributed by atoms with E-state index in [9.17, 15) is 14.9 Å². The van der Waals surface area contributed by atoms with Crippen LogP contribution < -0.4 is 5.32 Å². The van der Waals surface area contributed by atoms with Crippen LogP contribution in [-0.4, -0.2) is 48.5 Å². The van der Waals surface area contributed by atoms with Crippen molar-refractivity contribution in [3.8, 4) is 0 Å². The van der Waals surface area contributed by atoms with Gasteiger partial charge in [-0.1, -0.05) is 36.4 Å². The first-order chi connectivity index (χ1) is 13.0. The van der Waals surface area contributed by atoms with Gasteiger partial charge in [-0.3, -0.25) is 19.8 Å². The van der Waals surface area contributed by atoms with Crippen LogP contribution in [0.3, 0.4) is 0 Å². The number of morpholine rings is 1. The average Bonchev–Trinajstić information content (AvgIpc) is 2.69. The van der Waals surface area contributed by atoms with Crippen LogP contribution in [0.25, 0.3) is 0 Å². The van der Waals surface area contributed by atoms with Gasteiger partial charge in [-0.25, -0.2) is 0 Å². The summed E-state index contributed by atoms with van der Waals surface area (Å²) in [7, 11) is 0. The van der Waals surface area contributed by atoms with E-state index in [2.05, 4.69) is 22.3 Å². The maximum atomic E-state index is 12.3. The van der Waals surface area contributed by atoms with Crippen molar-refractivity contribution in [3.63, 3.8) is 0 Å². The number of benzene rings is 2. The summed E-state index contributed by atoms with van der Waals surface area (Å²) in [6, 6.07) is 14.6. The lowest BCUT2D eigenvalue weighted by Crippen LogP contribution is -2.42. The number of ether oxygens (including phenoxy) is 1. The van der Waals surface area contributed by atoms with Crippen molar-refractivity contribution in [2.45, 2.75) is 13.0 Å². The lowest BCUT2D eigenvalue weighted by Gasteiger charge is -2.33. The van der Waals surface area contributed by atoms with E-state index in [1.165, 1.54) is 6.07 Å². The summed E-state index contributed by atoms with van der Waals surface area (Å²) in [6.07, 6.45) is 0.0374. The second kappa shape index (κ2) is 8.75. The molecule has 1 aliphatic rings. The van der Waals surface area contributed by atoms with E-state index in [4.69, 9.17) is 4.74 Å². The molecule has 7 heteroatoms. The molecule has 0 radical (unpaired) electrons. The van der Waals surface area contributed by atoms with Crippen molar-refractivity contribution < 1.29 is 14.5 Å². The molecule has 142 valence electrons. The van der Waals surface area contributed by atoms with Gasteiger partial charge in [-0.05, 0) is 18.6 Å². The zero-order valence-electron chi connectivity index (χ0n) is 15.3. The minimum Gasteiger partial charge on any atom is -0.371 e. The predicted molar refractivity (Wildman–Crippen MR) is 102 cm³/mol. The first-order valence-corrected chi connectivity index (χ1v) is 8.97. The molecule has 27 heavy (non-hydrogen) atoms. The molecule has 1 aliphatic heterocycles. The summed E-state index contributed by atoms with van der Waals surface area (Å²) < 4.78 is 5.84. The number of hydrogen-bond donors (Lipinski definition) is 1. The molecular formula is C20H23N3O4. The molecule has 0 spiro atoms. The van der Waals surface area contributed by atoms with Crippen molar-refractivity contribution in [1.29, 1.82) is 0 Å². The molecule has 1 heterocycles. The molecule has 1 atom stereocenters. The van der Waals surface area contributed by atoms with Gasteiger partial charge in [0.25, 0.3) is 11.6 Å². The predicted octanol–water partition coefficient (Wildman–Crippen LogP) is 2.71. The van der Waals surface area contributed by atoms with E-state index in [-0.39, 0.29) is 17.7 Å². The Hall–Kier alpha value is -2.77. The van der Waals surface area contributed by atoms with Crippen molar-refractivity contribution in [2.24, 2.45) is 0 Å². The molecule has 0 aromatic heterocycles. The largest absolute Gasteiger partial charge is 0.371 e. The first kappa shape index (κ1) is 19.0. The van der Waals surface area contributed by atoms with Gasteiger partial charge in [-0.15, -0.1) is 0 Å². The van der Waals surface area contributed by atoms with E-state index in [1.54, 1.807) is 19.1 Å². The van der Waals surface area contributed by atoms with Crippen molar-refractivity contribution in [3.05, 3.63) is 75.3 Å². The Bertz CT molecular complexity index is 810. The van der Waals surface area contributed by atoms with Gasteiger partial charge in [0.2, 0.25) is 0 Å². The smallest absolute Gasteiger partial charge is 0.273 e. The highest BCUT2D eigenvalue weighted by atomic mass is 16.6. The summed E-state index contributed by atoms with van der Waals surface area (Å²) in [4.78, 5) is 25.1. The van der Waals surface area contributed by atoms with Gasteiger partial charge in [0.05, 0.1) is 17.6 Å². The summed E-state index contributed by atoms with van der Waals surface area (Å²) in [5.41, 5.74) is 1.95. The van der Waals surface area contributed by atoms with Crippen LogP contribution in [0.4, 0.5) is 5.69 Å². The zero-order valence-corrected chi connectivity index (χ0v) is 15.3. The molecular weight excluding hydrogens is 346 g/mol. The lowest BCUT2D eigenvalue weighted by molar-refractivity contribution is -0.385. The molecule has 1 fully saturated rings. The number of nitro benzene ring substituents is 1. The molecule has 1 N–H and O–H groups in total. The first-order valence-electron chi connectivity index (χ1n) is 8.97. The second-order valence-electron chi connectivity index (χ2n) is 6.59. The standard InChI is InChI=1S/C20H23N3O4/c1-15-7-8-17(13-18(15)23(25)26)20(24)21-9-10-22-11-12-27-19(14-22)16-5-3-2-4-6-16/h2-8,13,19H,9-12,14H2,1H3,(H,21,24). The molecule has 3 rings (SSSR count). The Balaban J connectivity index is 1.51. The topological polar surface area (TPSA) is 84.7 Å². The molecule has 2 aromatic rings. The lowest BCUT2D eigenvalue weighted by atomic mass is 10.1. The molecule has 0 aliphatic carbocycles. The number of aryl methyl sites for hydroxylation is 1. The van der Waals surface area contributed by atoms with Crippen LogP contribution in [0.5, 0.6) is 0 Å². The minimum atomic E-state index is -0.469. The van der Waals surface area contributed by atoms with E-state index in [0.717, 1.165) is 18.7 Å². The number of amides is 1. The fraction of sp³-hybridized carbons (Fsp3) is 0.350. The van der Waals surface area contributed by atoms with E-state index in [1.807, 2.05) is 18.2 Å². The Morgan fingerprint density at radius 1 is 1.30 bits per heavy atom. The fourth-order valence-corrected chi connectivity index (χ4v) is 3.15. The van der Waals surface area contributed by atoms with Crippen LogP contribution in [0, 0.1) is 17.0 Å². The SMILES string of the molecule is Cc1ccc(C(=O)NCCN2CCOC(c3ccccc3)C2)cc1[N+](=O)[O-]. The highest BCUT2D eigenvalue weighted by Gasteiger charge is 2.21. The highest BCUT2D eigenvalue weighted by Crippen LogP contribution is 2.22. The number of carbonyl (C=O) groups is 1. The Labute approximate surface area is 158 Å². The molecule has 0 bridgehead atoms. The van der Waals surface area contributed by atoms with E-state index >= 15 is 0 Å². The van der Waals surface area contributed by atoms with Crippen molar-refractivity contribution >= 4 is 11.6 Å². The van der Waals surface area contributed by atoms with Crippen LogP contribution in [0.15, 0.2) is 48.5 Å². The van der Waals surface area contributed by atoms with Crippen molar-refractivity contribution in [1.82, 2.24) is 10.2 Å². The zero-order chi connectivity index (χ0) is 19.2. The third-order valence-electron chi connectivity index (χ3n) is 4.70. The summed E-state index contributed by atoms with van der Waals surface area (Å²) >= 11 is 0. The number of nitrogens with one attached hydrogen (secondary N) is 1. The van der Waals surface area contributed by atoms with Gasteiger partial charge in [-0.2, -0.15) is 0 Å².